The summed E-state index contributed by atoms with van der Waals surface area (Å²) in [6, 6.07) is 6.99. The van der Waals surface area contributed by atoms with Gasteiger partial charge in [-0.1, -0.05) is 45.7 Å². The number of alkyl halides is 1. The van der Waals surface area contributed by atoms with Crippen molar-refractivity contribution in [1.29, 1.82) is 0 Å². The number of rotatable bonds is 3. The first-order valence-electron chi connectivity index (χ1n) is 4.64. The van der Waals surface area contributed by atoms with E-state index in [9.17, 15) is 4.79 Å². The Balaban J connectivity index is 2.61. The van der Waals surface area contributed by atoms with Crippen molar-refractivity contribution < 1.29 is 9.15 Å². The average molecular weight is 304 g/mol. The molecule has 0 unspecified atom stereocenters. The van der Waals surface area contributed by atoms with Crippen LogP contribution >= 0.6 is 27.5 Å². The Hall–Kier alpha value is -1.00. The number of fused-ring (bicyclic) bond motifs is 1. The fourth-order valence-electron chi connectivity index (χ4n) is 1.37. The summed E-state index contributed by atoms with van der Waals surface area (Å²) in [6.07, 6.45) is 0. The Labute approximate surface area is 105 Å². The number of hydrogen-bond acceptors (Lipinski definition) is 3. The maximum atomic E-state index is 11.6. The first-order chi connectivity index (χ1) is 7.74. The van der Waals surface area contributed by atoms with Gasteiger partial charge in [-0.3, -0.25) is 0 Å². The molecule has 0 atom stereocenters. The van der Waals surface area contributed by atoms with Gasteiger partial charge in [-0.2, -0.15) is 0 Å². The molecule has 84 valence electrons. The molecule has 1 aromatic heterocycles. The van der Waals surface area contributed by atoms with Gasteiger partial charge in [0.25, 0.3) is 0 Å². The first-order valence-corrected chi connectivity index (χ1v) is 6.14. The summed E-state index contributed by atoms with van der Waals surface area (Å²) in [5.41, 5.74) is -0.440. The molecule has 0 aliphatic rings. The van der Waals surface area contributed by atoms with Crippen LogP contribution in [0.3, 0.4) is 0 Å². The molecule has 0 radical (unpaired) electrons. The van der Waals surface area contributed by atoms with Crippen LogP contribution < -0.4 is 10.4 Å². The lowest BCUT2D eigenvalue weighted by molar-refractivity contribution is 0.249. The smallest absolute Gasteiger partial charge is 0.346 e. The van der Waals surface area contributed by atoms with E-state index in [1.54, 1.807) is 18.2 Å². The van der Waals surface area contributed by atoms with Crippen molar-refractivity contribution in [1.82, 2.24) is 0 Å². The van der Waals surface area contributed by atoms with Gasteiger partial charge in [-0.25, -0.2) is 4.79 Å². The Morgan fingerprint density at radius 1 is 1.31 bits per heavy atom. The summed E-state index contributed by atoms with van der Waals surface area (Å²) in [7, 11) is 0. The molecule has 2 aromatic rings. The molecule has 0 aliphatic heterocycles. The van der Waals surface area contributed by atoms with Crippen LogP contribution in [0, 0.1) is 0 Å². The van der Waals surface area contributed by atoms with Crippen LogP contribution in [0.15, 0.2) is 33.5 Å². The molecule has 0 saturated carbocycles. The average Bonchev–Trinajstić information content (AvgIpc) is 2.32. The van der Waals surface area contributed by atoms with Crippen molar-refractivity contribution in [3.8, 4) is 5.95 Å². The fourth-order valence-corrected chi connectivity index (χ4v) is 1.79. The van der Waals surface area contributed by atoms with Crippen LogP contribution in [-0.4, -0.2) is 11.9 Å². The zero-order chi connectivity index (χ0) is 11.5. The predicted octanol–water partition coefficient (Wildman–Crippen LogP) is 3.22. The fraction of sp³-hybridized carbons (Fsp3) is 0.182. The summed E-state index contributed by atoms with van der Waals surface area (Å²) in [6.45, 7) is 0.390. The van der Waals surface area contributed by atoms with Crippen molar-refractivity contribution in [2.75, 3.05) is 11.9 Å². The van der Waals surface area contributed by atoms with Crippen LogP contribution in [0.25, 0.3) is 10.8 Å². The minimum Gasteiger partial charge on any atom is -0.463 e. The summed E-state index contributed by atoms with van der Waals surface area (Å²) < 4.78 is 10.2. The maximum absolute atomic E-state index is 11.6. The van der Waals surface area contributed by atoms with Gasteiger partial charge in [0.2, 0.25) is 0 Å². The lowest BCUT2D eigenvalue weighted by Gasteiger charge is -2.06. The van der Waals surface area contributed by atoms with Gasteiger partial charge in [-0.15, -0.1) is 0 Å². The third-order valence-electron chi connectivity index (χ3n) is 2.06. The Bertz CT molecular complexity index is 565. The van der Waals surface area contributed by atoms with E-state index in [2.05, 4.69) is 15.9 Å². The van der Waals surface area contributed by atoms with Crippen LogP contribution in [0.5, 0.6) is 5.95 Å². The molecular formula is C11H8BrClO3. The van der Waals surface area contributed by atoms with Crippen molar-refractivity contribution in [3.05, 3.63) is 39.7 Å². The van der Waals surface area contributed by atoms with Gasteiger partial charge in [0.05, 0.1) is 5.39 Å². The van der Waals surface area contributed by atoms with E-state index in [0.717, 1.165) is 0 Å². The molecule has 3 nitrogen and oxygen atoms in total. The standard InChI is InChI=1S/C11H8BrClO3/c12-5-6-15-11-9(13)7-3-1-2-4-8(7)10(14)16-11/h1-4H,5-6H2. The molecule has 0 amide bonds. The summed E-state index contributed by atoms with van der Waals surface area (Å²) in [5.74, 6) is 0.0739. The first kappa shape index (κ1) is 11.5. The molecule has 0 N–H and O–H groups in total. The summed E-state index contributed by atoms with van der Waals surface area (Å²) >= 11 is 9.29. The van der Waals surface area contributed by atoms with Gasteiger partial charge < -0.3 is 9.15 Å². The van der Waals surface area contributed by atoms with Crippen molar-refractivity contribution >= 4 is 38.3 Å². The second-order valence-electron chi connectivity index (χ2n) is 3.07. The number of benzene rings is 1. The third-order valence-corrected chi connectivity index (χ3v) is 2.74. The van der Waals surface area contributed by atoms with E-state index in [-0.39, 0.29) is 5.95 Å². The van der Waals surface area contributed by atoms with E-state index in [0.29, 0.717) is 27.7 Å². The minimum atomic E-state index is -0.440. The normalized spacial score (nSPS) is 10.6. The van der Waals surface area contributed by atoms with E-state index in [1.807, 2.05) is 6.07 Å². The zero-order valence-corrected chi connectivity index (χ0v) is 10.5. The molecule has 16 heavy (non-hydrogen) atoms. The minimum absolute atomic E-state index is 0.0739. The molecule has 5 heteroatoms. The molecule has 0 saturated heterocycles. The molecular weight excluding hydrogens is 295 g/mol. The van der Waals surface area contributed by atoms with Crippen molar-refractivity contribution in [3.63, 3.8) is 0 Å². The number of ether oxygens (including phenoxy) is 1. The quantitative estimate of drug-likeness (QED) is 0.817. The summed E-state index contributed by atoms with van der Waals surface area (Å²) in [5, 5.41) is 2.07. The largest absolute Gasteiger partial charge is 0.463 e. The Kier molecular flexibility index (Phi) is 3.51. The Morgan fingerprint density at radius 2 is 2.00 bits per heavy atom. The molecule has 0 fully saturated rings. The molecule has 1 aromatic carbocycles. The number of halogens is 2. The van der Waals surface area contributed by atoms with Crippen LogP contribution in [0.2, 0.25) is 5.02 Å². The molecule has 0 bridgehead atoms. The van der Waals surface area contributed by atoms with E-state index >= 15 is 0 Å². The van der Waals surface area contributed by atoms with Gasteiger partial charge >= 0.3 is 11.6 Å². The highest BCUT2D eigenvalue weighted by molar-refractivity contribution is 9.09. The lowest BCUT2D eigenvalue weighted by Crippen LogP contribution is -2.05. The second-order valence-corrected chi connectivity index (χ2v) is 4.24. The molecule has 2 rings (SSSR count). The topological polar surface area (TPSA) is 39.4 Å². The van der Waals surface area contributed by atoms with Crippen LogP contribution in [0.4, 0.5) is 0 Å². The van der Waals surface area contributed by atoms with Gasteiger partial charge in [0.1, 0.15) is 11.6 Å². The second kappa shape index (κ2) is 4.89. The van der Waals surface area contributed by atoms with Gasteiger partial charge in [0, 0.05) is 10.7 Å². The highest BCUT2D eigenvalue weighted by Gasteiger charge is 2.12. The SMILES string of the molecule is O=c1oc(OCCBr)c(Cl)c2ccccc12. The predicted molar refractivity (Wildman–Crippen MR) is 66.8 cm³/mol. The van der Waals surface area contributed by atoms with Gasteiger partial charge in [0.15, 0.2) is 0 Å². The van der Waals surface area contributed by atoms with Gasteiger partial charge in [-0.05, 0) is 6.07 Å². The third kappa shape index (κ3) is 2.08. The van der Waals surface area contributed by atoms with E-state index < -0.39 is 5.63 Å². The van der Waals surface area contributed by atoms with Crippen LogP contribution in [-0.2, 0) is 0 Å². The highest BCUT2D eigenvalue weighted by Crippen LogP contribution is 2.30. The highest BCUT2D eigenvalue weighted by atomic mass is 79.9. The lowest BCUT2D eigenvalue weighted by atomic mass is 10.2. The van der Waals surface area contributed by atoms with Crippen LogP contribution in [0.1, 0.15) is 0 Å². The molecule has 1 heterocycles. The zero-order valence-electron chi connectivity index (χ0n) is 8.20. The summed E-state index contributed by atoms with van der Waals surface area (Å²) in [4.78, 5) is 11.6. The van der Waals surface area contributed by atoms with E-state index in [1.165, 1.54) is 0 Å². The maximum Gasteiger partial charge on any atom is 0.346 e. The van der Waals surface area contributed by atoms with E-state index in [4.69, 9.17) is 20.8 Å². The molecule has 0 aliphatic carbocycles. The van der Waals surface area contributed by atoms with Crippen molar-refractivity contribution in [2.45, 2.75) is 0 Å². The Morgan fingerprint density at radius 3 is 2.69 bits per heavy atom. The van der Waals surface area contributed by atoms with Crippen molar-refractivity contribution in [2.24, 2.45) is 0 Å². The number of hydrogen-bond donors (Lipinski definition) is 0. The monoisotopic (exact) mass is 302 g/mol. The molecule has 0 spiro atoms.